The van der Waals surface area contributed by atoms with Crippen LogP contribution in [0, 0.1) is 19.1 Å². The minimum Gasteiger partial charge on any atom is -0.733 e. The van der Waals surface area contributed by atoms with Crippen molar-refractivity contribution in [1.29, 1.82) is 0 Å². The van der Waals surface area contributed by atoms with E-state index in [0.717, 1.165) is 5.69 Å². The van der Waals surface area contributed by atoms with E-state index in [1.165, 1.54) is 6.07 Å². The lowest BCUT2D eigenvalue weighted by atomic mass is 10.1. The summed E-state index contributed by atoms with van der Waals surface area (Å²) in [5.74, 6) is 0. The molecule has 0 radical (unpaired) electrons. The van der Waals surface area contributed by atoms with Gasteiger partial charge < -0.3 is 10.4 Å². The lowest BCUT2D eigenvalue weighted by molar-refractivity contribution is 0.296. The normalized spacial score (nSPS) is 10.5. The van der Waals surface area contributed by atoms with Crippen molar-refractivity contribution in [2.24, 2.45) is 0 Å². The molecule has 0 saturated carbocycles. The number of aromatic nitrogens is 2. The van der Waals surface area contributed by atoms with Crippen molar-refractivity contribution >= 4 is 17.3 Å². The number of anilines is 1. The van der Waals surface area contributed by atoms with Crippen LogP contribution in [0.5, 0.6) is 0 Å². The fourth-order valence-corrected chi connectivity index (χ4v) is 1.95. The molecule has 0 saturated heterocycles. The second-order valence-electron chi connectivity index (χ2n) is 3.89. The Balaban J connectivity index is 2.65. The van der Waals surface area contributed by atoms with Gasteiger partial charge in [0.25, 0.3) is 0 Å². The smallest absolute Gasteiger partial charge is 0.130 e. The summed E-state index contributed by atoms with van der Waals surface area (Å²) in [5, 5.41) is 20.4. The van der Waals surface area contributed by atoms with Crippen LogP contribution in [0.2, 0.25) is 5.15 Å². The average molecular weight is 265 g/mol. The molecule has 94 valence electrons. The van der Waals surface area contributed by atoms with Gasteiger partial charge in [-0.3, -0.25) is 10.2 Å². The molecule has 0 aromatic carbocycles. The van der Waals surface area contributed by atoms with Crippen LogP contribution in [-0.4, -0.2) is 15.2 Å². The molecule has 2 heterocycles. The van der Waals surface area contributed by atoms with Crippen LogP contribution in [0.25, 0.3) is 11.1 Å². The van der Waals surface area contributed by atoms with Crippen molar-refractivity contribution in [2.45, 2.75) is 13.8 Å². The van der Waals surface area contributed by atoms with Gasteiger partial charge >= 0.3 is 0 Å². The summed E-state index contributed by atoms with van der Waals surface area (Å²) >= 11 is 5.87. The second kappa shape index (κ2) is 4.89. The van der Waals surface area contributed by atoms with Gasteiger partial charge in [0.15, 0.2) is 0 Å². The van der Waals surface area contributed by atoms with Crippen LogP contribution < -0.4 is 5.23 Å². The summed E-state index contributed by atoms with van der Waals surface area (Å²) in [6, 6.07) is 5.15. The summed E-state index contributed by atoms with van der Waals surface area (Å²) in [6.07, 6.45) is 1.62. The van der Waals surface area contributed by atoms with E-state index < -0.39 is 0 Å². The summed E-state index contributed by atoms with van der Waals surface area (Å²) < 4.78 is 0. The van der Waals surface area contributed by atoms with E-state index >= 15 is 0 Å². The maximum Gasteiger partial charge on any atom is 0.130 e. The fourth-order valence-electron chi connectivity index (χ4n) is 1.72. The molecule has 0 aliphatic rings. The fraction of sp³-hybridized carbons (Fsp3) is 0.167. The number of rotatable bonds is 2. The number of hydrogen-bond donors (Lipinski definition) is 1. The Hall–Kier alpha value is -1.69. The first-order chi connectivity index (χ1) is 8.49. The van der Waals surface area contributed by atoms with Crippen molar-refractivity contribution in [1.82, 2.24) is 9.97 Å². The van der Waals surface area contributed by atoms with Crippen molar-refractivity contribution in [3.8, 4) is 11.1 Å². The maximum absolute atomic E-state index is 11.2. The Morgan fingerprint density at radius 3 is 2.61 bits per heavy atom. The van der Waals surface area contributed by atoms with Gasteiger partial charge in [-0.1, -0.05) is 17.7 Å². The Bertz CT molecular complexity index is 570. The predicted molar refractivity (Wildman–Crippen MR) is 69.6 cm³/mol. The summed E-state index contributed by atoms with van der Waals surface area (Å²) in [5.41, 5.74) is 2.48. The Morgan fingerprint density at radius 2 is 2.06 bits per heavy atom. The van der Waals surface area contributed by atoms with Crippen molar-refractivity contribution in [3.05, 3.63) is 46.1 Å². The molecule has 2 aromatic heterocycles. The molecule has 5 nitrogen and oxygen atoms in total. The molecule has 1 N–H and O–H groups in total. The van der Waals surface area contributed by atoms with E-state index in [9.17, 15) is 5.21 Å². The number of pyridine rings is 2. The standard InChI is InChI=1S/C12H11ClN3O2/c1-7-3-4-9(6-14-7)10-5-11(13)15-8(2)12(10)16(17)18/h3-6,17H,1-2H3/q-1. The van der Waals surface area contributed by atoms with E-state index in [2.05, 4.69) is 9.97 Å². The highest BCUT2D eigenvalue weighted by atomic mass is 35.5. The molecule has 18 heavy (non-hydrogen) atoms. The Labute approximate surface area is 109 Å². The highest BCUT2D eigenvalue weighted by molar-refractivity contribution is 6.29. The summed E-state index contributed by atoms with van der Waals surface area (Å²) in [6.45, 7) is 3.47. The van der Waals surface area contributed by atoms with Gasteiger partial charge in [-0.2, -0.15) is 0 Å². The first-order valence-electron chi connectivity index (χ1n) is 5.25. The second-order valence-corrected chi connectivity index (χ2v) is 4.27. The van der Waals surface area contributed by atoms with Crippen LogP contribution in [0.1, 0.15) is 11.4 Å². The van der Waals surface area contributed by atoms with E-state index in [1.807, 2.05) is 13.0 Å². The molecule has 0 atom stereocenters. The van der Waals surface area contributed by atoms with E-state index in [4.69, 9.17) is 16.8 Å². The van der Waals surface area contributed by atoms with Gasteiger partial charge in [-0.15, -0.1) is 0 Å². The van der Waals surface area contributed by atoms with Gasteiger partial charge in [-0.05, 0) is 26.0 Å². The number of halogens is 1. The highest BCUT2D eigenvalue weighted by Crippen LogP contribution is 2.33. The molecule has 2 rings (SSSR count). The third-order valence-electron chi connectivity index (χ3n) is 2.55. The van der Waals surface area contributed by atoms with Crippen LogP contribution in [0.4, 0.5) is 5.69 Å². The zero-order valence-electron chi connectivity index (χ0n) is 9.88. The lowest BCUT2D eigenvalue weighted by Gasteiger charge is -2.26. The van der Waals surface area contributed by atoms with Crippen LogP contribution >= 0.6 is 11.6 Å². The first-order valence-corrected chi connectivity index (χ1v) is 5.63. The molecule has 0 bridgehead atoms. The number of aryl methyl sites for hydroxylation is 2. The maximum atomic E-state index is 11.2. The van der Waals surface area contributed by atoms with Gasteiger partial charge in [0.1, 0.15) is 5.15 Å². The molecule has 0 fully saturated rings. The third-order valence-corrected chi connectivity index (χ3v) is 2.74. The zero-order chi connectivity index (χ0) is 13.3. The summed E-state index contributed by atoms with van der Waals surface area (Å²) in [4.78, 5) is 8.09. The number of nitrogens with zero attached hydrogens (tertiary/aromatic N) is 3. The van der Waals surface area contributed by atoms with Gasteiger partial charge in [0.2, 0.25) is 0 Å². The van der Waals surface area contributed by atoms with E-state index in [1.54, 1.807) is 19.2 Å². The molecule has 0 aliphatic heterocycles. The largest absolute Gasteiger partial charge is 0.733 e. The molecule has 0 unspecified atom stereocenters. The molecule has 2 aromatic rings. The van der Waals surface area contributed by atoms with E-state index in [-0.39, 0.29) is 16.1 Å². The molecule has 6 heteroatoms. The van der Waals surface area contributed by atoms with Gasteiger partial charge in [0.05, 0.1) is 11.4 Å². The van der Waals surface area contributed by atoms with Crippen molar-refractivity contribution < 1.29 is 5.21 Å². The number of hydrogen-bond acceptors (Lipinski definition) is 5. The van der Waals surface area contributed by atoms with Crippen LogP contribution in [0.3, 0.4) is 0 Å². The lowest BCUT2D eigenvalue weighted by Crippen LogP contribution is -2.11. The Morgan fingerprint density at radius 1 is 1.33 bits per heavy atom. The van der Waals surface area contributed by atoms with Crippen molar-refractivity contribution in [3.63, 3.8) is 0 Å². The predicted octanol–water partition coefficient (Wildman–Crippen LogP) is 3.11. The minimum atomic E-state index is -0.201. The molecule has 0 amide bonds. The highest BCUT2D eigenvalue weighted by Gasteiger charge is 2.12. The van der Waals surface area contributed by atoms with E-state index in [0.29, 0.717) is 16.8 Å². The van der Waals surface area contributed by atoms with Gasteiger partial charge in [0, 0.05) is 23.0 Å². The van der Waals surface area contributed by atoms with Crippen molar-refractivity contribution in [2.75, 3.05) is 5.23 Å². The third kappa shape index (κ3) is 2.43. The molecular weight excluding hydrogens is 254 g/mol. The zero-order valence-corrected chi connectivity index (χ0v) is 10.6. The minimum absolute atomic E-state index is 0.0741. The van der Waals surface area contributed by atoms with Crippen LogP contribution in [0.15, 0.2) is 24.4 Å². The quantitative estimate of drug-likeness (QED) is 0.666. The van der Waals surface area contributed by atoms with Gasteiger partial charge in [-0.25, -0.2) is 4.98 Å². The van der Waals surface area contributed by atoms with Crippen LogP contribution in [-0.2, 0) is 0 Å². The topological polar surface area (TPSA) is 72.3 Å². The first kappa shape index (κ1) is 12.8. The monoisotopic (exact) mass is 264 g/mol. The molecule has 0 spiro atoms. The summed E-state index contributed by atoms with van der Waals surface area (Å²) in [7, 11) is 0. The SMILES string of the molecule is Cc1ccc(-c2cc(Cl)nc(C)c2N([O-])O)cn1. The molecule has 0 aliphatic carbocycles. The molecular formula is C12H11ClN3O2-. The Kier molecular flexibility index (Phi) is 3.47. The average Bonchev–Trinajstić information content (AvgIpc) is 2.28.